The van der Waals surface area contributed by atoms with Gasteiger partial charge in [0.1, 0.15) is 18.4 Å². The first-order chi connectivity index (χ1) is 9.35. The third-order valence-corrected chi connectivity index (χ3v) is 3.10. The van der Waals surface area contributed by atoms with Crippen molar-refractivity contribution in [2.24, 2.45) is 0 Å². The van der Waals surface area contributed by atoms with Crippen molar-refractivity contribution in [3.05, 3.63) is 23.8 Å². The van der Waals surface area contributed by atoms with Crippen LogP contribution in [0, 0.1) is 11.3 Å². The molecule has 1 aliphatic heterocycles. The monoisotopic (exact) mass is 261 g/mol. The van der Waals surface area contributed by atoms with Crippen LogP contribution in [-0.2, 0) is 4.74 Å². The van der Waals surface area contributed by atoms with Crippen LogP contribution in [0.25, 0.3) is 0 Å². The Hall–Kier alpha value is -1.77. The molecule has 5 nitrogen and oxygen atoms in total. The van der Waals surface area contributed by atoms with Crippen LogP contribution in [0.15, 0.2) is 18.2 Å². The van der Waals surface area contributed by atoms with Crippen LogP contribution in [0.3, 0.4) is 0 Å². The van der Waals surface area contributed by atoms with E-state index in [1.165, 1.54) is 0 Å². The third-order valence-electron chi connectivity index (χ3n) is 3.10. The number of nitrogens with zero attached hydrogens (tertiary/aromatic N) is 2. The molecule has 0 radical (unpaired) electrons. The summed E-state index contributed by atoms with van der Waals surface area (Å²) in [5.41, 5.74) is 1.65. The average Bonchev–Trinajstić information content (AvgIpc) is 2.48. The van der Waals surface area contributed by atoms with Crippen LogP contribution >= 0.6 is 0 Å². The van der Waals surface area contributed by atoms with E-state index in [4.69, 9.17) is 9.47 Å². The highest BCUT2D eigenvalue weighted by Crippen LogP contribution is 2.25. The fraction of sp³-hybridized carbons (Fsp3) is 0.500. The van der Waals surface area contributed by atoms with Gasteiger partial charge in [-0.3, -0.25) is 0 Å². The third kappa shape index (κ3) is 3.60. The van der Waals surface area contributed by atoms with Crippen molar-refractivity contribution in [1.29, 1.82) is 5.26 Å². The lowest BCUT2D eigenvalue weighted by atomic mass is 10.1. The largest absolute Gasteiger partial charge is 0.491 e. The van der Waals surface area contributed by atoms with Crippen molar-refractivity contribution >= 4 is 5.69 Å². The number of rotatable bonds is 5. The Morgan fingerprint density at radius 2 is 2.11 bits per heavy atom. The van der Waals surface area contributed by atoms with Gasteiger partial charge in [-0.1, -0.05) is 0 Å². The van der Waals surface area contributed by atoms with Crippen molar-refractivity contribution < 1.29 is 9.47 Å². The lowest BCUT2D eigenvalue weighted by Crippen LogP contribution is -2.43. The fourth-order valence-electron chi connectivity index (χ4n) is 2.12. The summed E-state index contributed by atoms with van der Waals surface area (Å²) in [5, 5.41) is 12.6. The summed E-state index contributed by atoms with van der Waals surface area (Å²) in [5.74, 6) is 0.715. The Bertz CT molecular complexity index is 450. The molecule has 0 amide bonds. The van der Waals surface area contributed by atoms with Gasteiger partial charge in [0.2, 0.25) is 0 Å². The second kappa shape index (κ2) is 6.98. The van der Waals surface area contributed by atoms with Gasteiger partial charge in [0, 0.05) is 33.3 Å². The van der Waals surface area contributed by atoms with Crippen molar-refractivity contribution in [2.75, 3.05) is 51.4 Å². The van der Waals surface area contributed by atoms with Gasteiger partial charge in [0.25, 0.3) is 0 Å². The normalized spacial score (nSPS) is 15.1. The molecule has 19 heavy (non-hydrogen) atoms. The van der Waals surface area contributed by atoms with E-state index in [-0.39, 0.29) is 0 Å². The predicted octanol–water partition coefficient (Wildman–Crippen LogP) is 0.993. The maximum atomic E-state index is 9.27. The molecule has 0 saturated carbocycles. The zero-order chi connectivity index (χ0) is 13.5. The van der Waals surface area contributed by atoms with Crippen molar-refractivity contribution in [3.8, 4) is 11.8 Å². The molecule has 1 fully saturated rings. The molecule has 0 spiro atoms. The fourth-order valence-corrected chi connectivity index (χ4v) is 2.12. The summed E-state index contributed by atoms with van der Waals surface area (Å²) < 4.78 is 10.5. The first-order valence-electron chi connectivity index (χ1n) is 6.46. The standard InChI is InChI=1S/C14H19N3O2/c1-18-8-9-19-13-2-3-14(12(10-13)11-15)17-6-4-16-5-7-17/h2-3,10,16H,4-9H2,1H3. The van der Waals surface area contributed by atoms with Crippen LogP contribution in [0.1, 0.15) is 5.56 Å². The number of nitrogens with one attached hydrogen (secondary N) is 1. The summed E-state index contributed by atoms with van der Waals surface area (Å²) >= 11 is 0. The SMILES string of the molecule is COCCOc1ccc(N2CCNCC2)c(C#N)c1. The number of hydrogen-bond donors (Lipinski definition) is 1. The van der Waals surface area contributed by atoms with Gasteiger partial charge < -0.3 is 19.7 Å². The van der Waals surface area contributed by atoms with E-state index in [2.05, 4.69) is 16.3 Å². The molecule has 1 heterocycles. The van der Waals surface area contributed by atoms with Crippen LogP contribution in [0.5, 0.6) is 5.75 Å². The Kier molecular flexibility index (Phi) is 5.01. The molecule has 0 bridgehead atoms. The van der Waals surface area contributed by atoms with Crippen LogP contribution in [0.4, 0.5) is 5.69 Å². The van der Waals surface area contributed by atoms with Gasteiger partial charge in [0.15, 0.2) is 0 Å². The summed E-state index contributed by atoms with van der Waals surface area (Å²) in [4.78, 5) is 2.23. The molecular formula is C14H19N3O2. The average molecular weight is 261 g/mol. The van der Waals surface area contributed by atoms with E-state index in [1.54, 1.807) is 13.2 Å². The van der Waals surface area contributed by atoms with Gasteiger partial charge in [-0.05, 0) is 18.2 Å². The number of anilines is 1. The van der Waals surface area contributed by atoms with Gasteiger partial charge in [0.05, 0.1) is 17.9 Å². The number of piperazine rings is 1. The van der Waals surface area contributed by atoms with E-state index < -0.39 is 0 Å². The van der Waals surface area contributed by atoms with Gasteiger partial charge in [-0.2, -0.15) is 5.26 Å². The minimum absolute atomic E-state index is 0.494. The van der Waals surface area contributed by atoms with E-state index in [9.17, 15) is 5.26 Å². The summed E-state index contributed by atoms with van der Waals surface area (Å²) in [7, 11) is 1.64. The Labute approximate surface area is 113 Å². The highest BCUT2D eigenvalue weighted by Gasteiger charge is 2.14. The summed E-state index contributed by atoms with van der Waals surface area (Å²) in [6, 6.07) is 7.92. The first kappa shape index (κ1) is 13.7. The maximum Gasteiger partial charge on any atom is 0.120 e. The number of hydrogen-bond acceptors (Lipinski definition) is 5. The zero-order valence-electron chi connectivity index (χ0n) is 11.2. The number of ether oxygens (including phenoxy) is 2. The quantitative estimate of drug-likeness (QED) is 0.801. The van der Waals surface area contributed by atoms with Gasteiger partial charge in [-0.25, -0.2) is 0 Å². The van der Waals surface area contributed by atoms with Crippen molar-refractivity contribution in [1.82, 2.24) is 5.32 Å². The Morgan fingerprint density at radius 3 is 2.79 bits per heavy atom. The predicted molar refractivity (Wildman–Crippen MR) is 73.6 cm³/mol. The topological polar surface area (TPSA) is 57.5 Å². The number of methoxy groups -OCH3 is 1. The number of benzene rings is 1. The lowest BCUT2D eigenvalue weighted by Gasteiger charge is -2.30. The lowest BCUT2D eigenvalue weighted by molar-refractivity contribution is 0.146. The molecule has 0 aromatic heterocycles. The molecule has 1 saturated heterocycles. The molecule has 1 aromatic carbocycles. The molecule has 5 heteroatoms. The second-order valence-corrected chi connectivity index (χ2v) is 4.37. The zero-order valence-corrected chi connectivity index (χ0v) is 11.2. The summed E-state index contributed by atoms with van der Waals surface area (Å²) in [6.45, 7) is 4.81. The highest BCUT2D eigenvalue weighted by molar-refractivity contribution is 5.61. The Morgan fingerprint density at radius 1 is 1.32 bits per heavy atom. The van der Waals surface area contributed by atoms with E-state index in [1.807, 2.05) is 12.1 Å². The smallest absolute Gasteiger partial charge is 0.120 e. The molecular weight excluding hydrogens is 242 g/mol. The minimum atomic E-state index is 0.494. The van der Waals surface area contributed by atoms with Gasteiger partial charge >= 0.3 is 0 Å². The molecule has 2 rings (SSSR count). The minimum Gasteiger partial charge on any atom is -0.491 e. The molecule has 1 N–H and O–H groups in total. The molecule has 102 valence electrons. The number of nitriles is 1. The van der Waals surface area contributed by atoms with E-state index in [0.717, 1.165) is 31.9 Å². The van der Waals surface area contributed by atoms with E-state index in [0.29, 0.717) is 24.5 Å². The summed E-state index contributed by atoms with van der Waals surface area (Å²) in [6.07, 6.45) is 0. The van der Waals surface area contributed by atoms with E-state index >= 15 is 0 Å². The molecule has 0 unspecified atom stereocenters. The second-order valence-electron chi connectivity index (χ2n) is 4.37. The molecule has 0 atom stereocenters. The van der Waals surface area contributed by atoms with Gasteiger partial charge in [-0.15, -0.1) is 0 Å². The van der Waals surface area contributed by atoms with Crippen molar-refractivity contribution in [2.45, 2.75) is 0 Å². The molecule has 0 aliphatic carbocycles. The molecule has 1 aromatic rings. The molecule has 1 aliphatic rings. The first-order valence-corrected chi connectivity index (χ1v) is 6.46. The van der Waals surface area contributed by atoms with Crippen LogP contribution in [0.2, 0.25) is 0 Å². The van der Waals surface area contributed by atoms with Crippen molar-refractivity contribution in [3.63, 3.8) is 0 Å². The van der Waals surface area contributed by atoms with Crippen LogP contribution in [-0.4, -0.2) is 46.5 Å². The maximum absolute atomic E-state index is 9.27. The van der Waals surface area contributed by atoms with Crippen LogP contribution < -0.4 is 15.0 Å². The Balaban J connectivity index is 2.09. The highest BCUT2D eigenvalue weighted by atomic mass is 16.5.